The molecule has 0 radical (unpaired) electrons. The summed E-state index contributed by atoms with van der Waals surface area (Å²) in [6.45, 7) is 1.23. The quantitative estimate of drug-likeness (QED) is 0.728. The van der Waals surface area contributed by atoms with Gasteiger partial charge in [0.05, 0.1) is 5.69 Å². The predicted molar refractivity (Wildman–Crippen MR) is 93.4 cm³/mol. The van der Waals surface area contributed by atoms with Crippen molar-refractivity contribution in [1.29, 1.82) is 0 Å². The molecule has 1 aliphatic heterocycles. The molecule has 2 aromatic carbocycles. The zero-order valence-electron chi connectivity index (χ0n) is 14.1. The highest BCUT2D eigenvalue weighted by Crippen LogP contribution is 2.27. The average molecular weight is 351 g/mol. The number of amides is 1. The molecule has 1 amide bonds. The molecule has 1 fully saturated rings. The van der Waals surface area contributed by atoms with Crippen molar-refractivity contribution >= 4 is 5.91 Å². The molecule has 2 heterocycles. The van der Waals surface area contributed by atoms with Crippen molar-refractivity contribution in [3.63, 3.8) is 0 Å². The molecule has 3 aromatic rings. The Morgan fingerprint density at radius 2 is 1.85 bits per heavy atom. The van der Waals surface area contributed by atoms with Crippen LogP contribution in [0.4, 0.5) is 4.39 Å². The molecule has 4 rings (SSSR count). The van der Waals surface area contributed by atoms with Crippen LogP contribution in [0.1, 0.15) is 34.9 Å². The minimum Gasteiger partial charge on any atom is -0.338 e. The number of tetrazole rings is 1. The number of benzene rings is 2. The summed E-state index contributed by atoms with van der Waals surface area (Å²) in [6, 6.07) is 15.4. The SMILES string of the molecule is O=C(c1ccc(F)cc1)N1CCCC(c2nnnn2-c2ccccc2)C1. The first-order chi connectivity index (χ1) is 12.7. The minimum atomic E-state index is -0.347. The number of likely N-dealkylation sites (tertiary alicyclic amines) is 1. The van der Waals surface area contributed by atoms with E-state index >= 15 is 0 Å². The van der Waals surface area contributed by atoms with Gasteiger partial charge in [-0.05, 0) is 59.7 Å². The number of halogens is 1. The highest BCUT2D eigenvalue weighted by molar-refractivity contribution is 5.94. The molecule has 6 nitrogen and oxygen atoms in total. The Labute approximate surface area is 150 Å². The lowest BCUT2D eigenvalue weighted by atomic mass is 9.96. The third-order valence-electron chi connectivity index (χ3n) is 4.66. The zero-order valence-corrected chi connectivity index (χ0v) is 14.1. The summed E-state index contributed by atoms with van der Waals surface area (Å²) in [7, 11) is 0. The molecule has 0 saturated carbocycles. The van der Waals surface area contributed by atoms with Crippen LogP contribution in [-0.4, -0.2) is 44.1 Å². The smallest absolute Gasteiger partial charge is 0.253 e. The number of hydrogen-bond acceptors (Lipinski definition) is 4. The van der Waals surface area contributed by atoms with Gasteiger partial charge in [-0.15, -0.1) is 5.10 Å². The minimum absolute atomic E-state index is 0.0587. The van der Waals surface area contributed by atoms with Crippen LogP contribution in [0.2, 0.25) is 0 Å². The van der Waals surface area contributed by atoms with Crippen LogP contribution in [0.5, 0.6) is 0 Å². The second kappa shape index (κ2) is 7.03. The number of carbonyl (C=O) groups excluding carboxylic acids is 1. The molecule has 0 bridgehead atoms. The largest absolute Gasteiger partial charge is 0.338 e. The number of aromatic nitrogens is 4. The molecular weight excluding hydrogens is 333 g/mol. The lowest BCUT2D eigenvalue weighted by Gasteiger charge is -2.32. The van der Waals surface area contributed by atoms with Crippen molar-refractivity contribution in [2.75, 3.05) is 13.1 Å². The van der Waals surface area contributed by atoms with E-state index in [4.69, 9.17) is 0 Å². The third kappa shape index (κ3) is 3.20. The first-order valence-electron chi connectivity index (χ1n) is 8.61. The summed E-state index contributed by atoms with van der Waals surface area (Å²) >= 11 is 0. The van der Waals surface area contributed by atoms with Gasteiger partial charge in [-0.2, -0.15) is 4.68 Å². The van der Waals surface area contributed by atoms with E-state index in [0.717, 1.165) is 24.4 Å². The number of rotatable bonds is 3. The predicted octanol–water partition coefficient (Wildman–Crippen LogP) is 2.82. The van der Waals surface area contributed by atoms with E-state index < -0.39 is 0 Å². The maximum Gasteiger partial charge on any atom is 0.253 e. The molecule has 1 aromatic heterocycles. The molecule has 26 heavy (non-hydrogen) atoms. The van der Waals surface area contributed by atoms with Crippen molar-refractivity contribution in [2.24, 2.45) is 0 Å². The fourth-order valence-corrected chi connectivity index (χ4v) is 3.35. The van der Waals surface area contributed by atoms with E-state index in [2.05, 4.69) is 15.5 Å². The Balaban J connectivity index is 1.55. The average Bonchev–Trinajstić information content (AvgIpc) is 3.19. The zero-order chi connectivity index (χ0) is 17.9. The van der Waals surface area contributed by atoms with Gasteiger partial charge in [-0.25, -0.2) is 4.39 Å². The number of para-hydroxylation sites is 1. The van der Waals surface area contributed by atoms with Crippen molar-refractivity contribution in [1.82, 2.24) is 25.1 Å². The van der Waals surface area contributed by atoms with Gasteiger partial charge in [0, 0.05) is 24.6 Å². The monoisotopic (exact) mass is 351 g/mol. The molecule has 132 valence electrons. The molecule has 7 heteroatoms. The molecule has 1 saturated heterocycles. The second-order valence-electron chi connectivity index (χ2n) is 6.38. The number of hydrogen-bond donors (Lipinski definition) is 0. The summed E-state index contributed by atoms with van der Waals surface area (Å²) in [5, 5.41) is 12.1. The van der Waals surface area contributed by atoms with E-state index in [1.165, 1.54) is 24.3 Å². The van der Waals surface area contributed by atoms with Gasteiger partial charge in [0.15, 0.2) is 5.82 Å². The first-order valence-corrected chi connectivity index (χ1v) is 8.61. The van der Waals surface area contributed by atoms with Gasteiger partial charge in [0.2, 0.25) is 0 Å². The van der Waals surface area contributed by atoms with Crippen LogP contribution in [0.25, 0.3) is 5.69 Å². The van der Waals surface area contributed by atoms with Gasteiger partial charge < -0.3 is 4.90 Å². The molecule has 1 atom stereocenters. The van der Waals surface area contributed by atoms with E-state index in [0.29, 0.717) is 18.7 Å². The van der Waals surface area contributed by atoms with Crippen LogP contribution in [0.3, 0.4) is 0 Å². The molecular formula is C19H18FN5O. The lowest BCUT2D eigenvalue weighted by molar-refractivity contribution is 0.0703. The highest BCUT2D eigenvalue weighted by Gasteiger charge is 2.29. The van der Waals surface area contributed by atoms with Gasteiger partial charge in [-0.3, -0.25) is 4.79 Å². The lowest BCUT2D eigenvalue weighted by Crippen LogP contribution is -2.39. The Morgan fingerprint density at radius 1 is 1.08 bits per heavy atom. The molecule has 0 aliphatic carbocycles. The molecule has 1 unspecified atom stereocenters. The Bertz CT molecular complexity index is 894. The maximum atomic E-state index is 13.1. The van der Waals surface area contributed by atoms with Crippen molar-refractivity contribution in [3.05, 3.63) is 71.8 Å². The van der Waals surface area contributed by atoms with Gasteiger partial charge in [0.25, 0.3) is 5.91 Å². The summed E-state index contributed by atoms with van der Waals surface area (Å²) in [6.07, 6.45) is 1.79. The van der Waals surface area contributed by atoms with Crippen molar-refractivity contribution in [2.45, 2.75) is 18.8 Å². The number of nitrogens with zero attached hydrogens (tertiary/aromatic N) is 5. The summed E-state index contributed by atoms with van der Waals surface area (Å²) in [5.41, 5.74) is 1.39. The Kier molecular flexibility index (Phi) is 4.43. The van der Waals surface area contributed by atoms with Crippen LogP contribution in [-0.2, 0) is 0 Å². The molecule has 0 N–H and O–H groups in total. The van der Waals surface area contributed by atoms with Gasteiger partial charge in [-0.1, -0.05) is 18.2 Å². The van der Waals surface area contributed by atoms with Crippen LogP contribution >= 0.6 is 0 Å². The van der Waals surface area contributed by atoms with Crippen molar-refractivity contribution in [3.8, 4) is 5.69 Å². The standard InChI is InChI=1S/C19H18FN5O/c20-16-10-8-14(9-11-16)19(26)24-12-4-5-15(13-24)18-21-22-23-25(18)17-6-2-1-3-7-17/h1-3,6-11,15H,4-5,12-13H2. The Morgan fingerprint density at radius 3 is 2.62 bits per heavy atom. The topological polar surface area (TPSA) is 63.9 Å². The first kappa shape index (κ1) is 16.4. The van der Waals surface area contributed by atoms with Gasteiger partial charge in [0.1, 0.15) is 5.82 Å². The van der Waals surface area contributed by atoms with Gasteiger partial charge >= 0.3 is 0 Å². The fourth-order valence-electron chi connectivity index (χ4n) is 3.35. The third-order valence-corrected chi connectivity index (χ3v) is 4.66. The van der Waals surface area contributed by atoms with E-state index in [1.54, 1.807) is 9.58 Å². The Hall–Kier alpha value is -3.09. The number of carbonyl (C=O) groups is 1. The fraction of sp³-hybridized carbons (Fsp3) is 0.263. The normalized spacial score (nSPS) is 17.3. The van der Waals surface area contributed by atoms with Crippen LogP contribution < -0.4 is 0 Å². The summed E-state index contributed by atoms with van der Waals surface area (Å²) in [4.78, 5) is 14.5. The van der Waals surface area contributed by atoms with Crippen LogP contribution in [0.15, 0.2) is 54.6 Å². The maximum absolute atomic E-state index is 13.1. The van der Waals surface area contributed by atoms with Crippen molar-refractivity contribution < 1.29 is 9.18 Å². The van der Waals surface area contributed by atoms with Crippen LogP contribution in [0, 0.1) is 5.82 Å². The summed E-state index contributed by atoms with van der Waals surface area (Å²) in [5.74, 6) is 0.379. The molecule has 0 spiro atoms. The van der Waals surface area contributed by atoms with E-state index in [9.17, 15) is 9.18 Å². The summed E-state index contributed by atoms with van der Waals surface area (Å²) < 4.78 is 14.8. The second-order valence-corrected chi connectivity index (χ2v) is 6.38. The highest BCUT2D eigenvalue weighted by atomic mass is 19.1. The van der Waals surface area contributed by atoms with E-state index in [-0.39, 0.29) is 17.6 Å². The van der Waals surface area contributed by atoms with E-state index in [1.807, 2.05) is 30.3 Å². The number of piperidine rings is 1. The molecule has 1 aliphatic rings.